The summed E-state index contributed by atoms with van der Waals surface area (Å²) in [5, 5.41) is 2.96. The van der Waals surface area contributed by atoms with Crippen LogP contribution >= 0.6 is 34.5 Å². The predicted molar refractivity (Wildman–Crippen MR) is 98.5 cm³/mol. The van der Waals surface area contributed by atoms with Crippen LogP contribution in [0.4, 0.5) is 5.69 Å². The molecule has 8 heteroatoms. The maximum Gasteiger partial charge on any atom is 0.307 e. The van der Waals surface area contributed by atoms with Crippen LogP contribution in [0.3, 0.4) is 0 Å². The molecule has 1 aromatic carbocycles. The number of amides is 1. The number of hydrogen-bond acceptors (Lipinski definition) is 5. The summed E-state index contributed by atoms with van der Waals surface area (Å²) in [5.74, 6) is -1.32. The fourth-order valence-corrected chi connectivity index (χ4v) is 3.10. The summed E-state index contributed by atoms with van der Waals surface area (Å²) in [5.41, 5.74) is 0.432. The Morgan fingerprint density at radius 3 is 2.48 bits per heavy atom. The van der Waals surface area contributed by atoms with Crippen LogP contribution < -0.4 is 5.32 Å². The Morgan fingerprint density at radius 2 is 1.84 bits per heavy atom. The van der Waals surface area contributed by atoms with Gasteiger partial charge in [0.15, 0.2) is 11.9 Å². The zero-order chi connectivity index (χ0) is 18.4. The van der Waals surface area contributed by atoms with E-state index in [0.29, 0.717) is 19.9 Å². The molecule has 0 saturated heterocycles. The Bertz CT molecular complexity index is 790. The van der Waals surface area contributed by atoms with E-state index in [4.69, 9.17) is 27.9 Å². The third kappa shape index (κ3) is 5.85. The first-order valence-electron chi connectivity index (χ1n) is 7.40. The molecular formula is C17H15Cl2NO4S. The van der Waals surface area contributed by atoms with Gasteiger partial charge in [-0.15, -0.1) is 11.3 Å². The highest BCUT2D eigenvalue weighted by atomic mass is 35.5. The van der Waals surface area contributed by atoms with Crippen molar-refractivity contribution in [2.75, 3.05) is 5.32 Å². The Hall–Kier alpha value is -1.89. The number of halogens is 2. The van der Waals surface area contributed by atoms with Crippen molar-refractivity contribution in [2.24, 2.45) is 0 Å². The van der Waals surface area contributed by atoms with Crippen LogP contribution in [0.25, 0.3) is 0 Å². The number of thiophene rings is 1. The molecule has 1 atom stereocenters. The Kier molecular flexibility index (Phi) is 6.99. The zero-order valence-corrected chi connectivity index (χ0v) is 15.6. The van der Waals surface area contributed by atoms with Crippen molar-refractivity contribution < 1.29 is 19.1 Å². The first-order valence-corrected chi connectivity index (χ1v) is 8.97. The number of carbonyl (C=O) groups excluding carboxylic acids is 3. The van der Waals surface area contributed by atoms with Gasteiger partial charge in [-0.05, 0) is 31.2 Å². The number of para-hydroxylation sites is 1. The summed E-state index contributed by atoms with van der Waals surface area (Å²) in [6, 6.07) is 9.97. The SMILES string of the molecule is C[C@@H](OC(=O)CCC(=O)c1ccc(Cl)s1)C(=O)Nc1ccccc1Cl. The smallest absolute Gasteiger partial charge is 0.307 e. The van der Waals surface area contributed by atoms with E-state index in [1.54, 1.807) is 36.4 Å². The quantitative estimate of drug-likeness (QED) is 0.545. The summed E-state index contributed by atoms with van der Waals surface area (Å²) in [4.78, 5) is 36.2. The van der Waals surface area contributed by atoms with Crippen molar-refractivity contribution in [1.29, 1.82) is 0 Å². The van der Waals surface area contributed by atoms with Crippen LogP contribution in [0, 0.1) is 0 Å². The second-order valence-electron chi connectivity index (χ2n) is 5.13. The van der Waals surface area contributed by atoms with Gasteiger partial charge in [-0.1, -0.05) is 35.3 Å². The number of nitrogens with one attached hydrogen (secondary N) is 1. The van der Waals surface area contributed by atoms with E-state index in [-0.39, 0.29) is 18.6 Å². The van der Waals surface area contributed by atoms with Gasteiger partial charge in [-0.2, -0.15) is 0 Å². The van der Waals surface area contributed by atoms with Gasteiger partial charge in [0, 0.05) is 6.42 Å². The lowest BCUT2D eigenvalue weighted by molar-refractivity contribution is -0.153. The number of benzene rings is 1. The minimum atomic E-state index is -1.00. The van der Waals surface area contributed by atoms with Gasteiger partial charge in [-0.25, -0.2) is 0 Å². The van der Waals surface area contributed by atoms with Crippen molar-refractivity contribution in [3.63, 3.8) is 0 Å². The second-order valence-corrected chi connectivity index (χ2v) is 7.25. The van der Waals surface area contributed by atoms with Gasteiger partial charge in [-0.3, -0.25) is 14.4 Å². The average molecular weight is 400 g/mol. The van der Waals surface area contributed by atoms with Crippen LogP contribution in [0.1, 0.15) is 29.4 Å². The Balaban J connectivity index is 1.80. The molecule has 5 nitrogen and oxygen atoms in total. The summed E-state index contributed by atoms with van der Waals surface area (Å²) in [6.45, 7) is 1.45. The van der Waals surface area contributed by atoms with Crippen molar-refractivity contribution in [3.8, 4) is 0 Å². The van der Waals surface area contributed by atoms with E-state index in [0.717, 1.165) is 11.3 Å². The monoisotopic (exact) mass is 399 g/mol. The first kappa shape index (κ1) is 19.4. The summed E-state index contributed by atoms with van der Waals surface area (Å²) in [7, 11) is 0. The fourth-order valence-electron chi connectivity index (χ4n) is 1.91. The van der Waals surface area contributed by atoms with E-state index in [2.05, 4.69) is 5.32 Å². The van der Waals surface area contributed by atoms with Crippen LogP contribution in [-0.2, 0) is 14.3 Å². The largest absolute Gasteiger partial charge is 0.453 e. The summed E-state index contributed by atoms with van der Waals surface area (Å²) in [6.07, 6.45) is -1.12. The lowest BCUT2D eigenvalue weighted by Crippen LogP contribution is -2.30. The molecule has 1 aromatic heterocycles. The molecule has 1 amide bonds. The number of Topliss-reactive ketones (excluding diaryl/α,β-unsaturated/α-hetero) is 1. The van der Waals surface area contributed by atoms with Crippen molar-refractivity contribution >= 4 is 57.9 Å². The maximum absolute atomic E-state index is 12.0. The van der Waals surface area contributed by atoms with E-state index < -0.39 is 18.0 Å². The van der Waals surface area contributed by atoms with Gasteiger partial charge in [0.2, 0.25) is 0 Å². The number of ketones is 1. The molecule has 0 spiro atoms. The molecule has 132 valence electrons. The van der Waals surface area contributed by atoms with Crippen molar-refractivity contribution in [2.45, 2.75) is 25.9 Å². The normalized spacial score (nSPS) is 11.6. The van der Waals surface area contributed by atoms with Crippen molar-refractivity contribution in [3.05, 3.63) is 50.6 Å². The average Bonchev–Trinajstić information content (AvgIpc) is 3.01. The number of carbonyl (C=O) groups is 3. The van der Waals surface area contributed by atoms with E-state index in [9.17, 15) is 14.4 Å². The standard InChI is InChI=1S/C17H15Cl2NO4S/c1-10(17(23)20-12-5-3-2-4-11(12)18)24-16(22)9-6-13(21)14-7-8-15(19)25-14/h2-5,7-8,10H,6,9H2,1H3,(H,20,23)/t10-/m1/s1. The van der Waals surface area contributed by atoms with E-state index in [1.165, 1.54) is 6.92 Å². The summed E-state index contributed by atoms with van der Waals surface area (Å²) >= 11 is 12.9. The molecule has 1 heterocycles. The topological polar surface area (TPSA) is 72.5 Å². The molecule has 0 aliphatic heterocycles. The molecule has 0 fully saturated rings. The van der Waals surface area contributed by atoms with Gasteiger partial charge < -0.3 is 10.1 Å². The zero-order valence-electron chi connectivity index (χ0n) is 13.3. The molecule has 0 radical (unpaired) electrons. The number of ether oxygens (including phenoxy) is 1. The molecule has 1 N–H and O–H groups in total. The van der Waals surface area contributed by atoms with E-state index in [1.807, 2.05) is 0 Å². The third-order valence-corrected chi connectivity index (χ3v) is 4.82. The number of hydrogen-bond donors (Lipinski definition) is 1. The minimum Gasteiger partial charge on any atom is -0.453 e. The van der Waals surface area contributed by atoms with Crippen LogP contribution in [0.2, 0.25) is 9.36 Å². The molecular weight excluding hydrogens is 385 g/mol. The highest BCUT2D eigenvalue weighted by Gasteiger charge is 2.20. The number of anilines is 1. The minimum absolute atomic E-state index is 0.00543. The van der Waals surface area contributed by atoms with Gasteiger partial charge in [0.1, 0.15) is 0 Å². The summed E-state index contributed by atoms with van der Waals surface area (Å²) < 4.78 is 5.56. The van der Waals surface area contributed by atoms with Crippen LogP contribution in [0.5, 0.6) is 0 Å². The Labute approximate surface area is 158 Å². The van der Waals surface area contributed by atoms with Gasteiger partial charge >= 0.3 is 5.97 Å². The molecule has 0 bridgehead atoms. The maximum atomic E-state index is 12.0. The van der Waals surface area contributed by atoms with Gasteiger partial charge in [0.25, 0.3) is 5.91 Å². The third-order valence-electron chi connectivity index (χ3n) is 3.21. The molecule has 0 aliphatic carbocycles. The van der Waals surface area contributed by atoms with Gasteiger partial charge in [0.05, 0.1) is 26.3 Å². The fraction of sp³-hybridized carbons (Fsp3) is 0.235. The Morgan fingerprint density at radius 1 is 1.12 bits per heavy atom. The molecule has 0 unspecified atom stereocenters. The molecule has 25 heavy (non-hydrogen) atoms. The number of esters is 1. The van der Waals surface area contributed by atoms with Crippen LogP contribution in [0.15, 0.2) is 36.4 Å². The predicted octanol–water partition coefficient (Wildman–Crippen LogP) is 4.59. The lowest BCUT2D eigenvalue weighted by atomic mass is 10.2. The highest BCUT2D eigenvalue weighted by molar-refractivity contribution is 7.18. The second kappa shape index (κ2) is 8.99. The van der Waals surface area contributed by atoms with E-state index >= 15 is 0 Å². The molecule has 2 aromatic rings. The lowest BCUT2D eigenvalue weighted by Gasteiger charge is -2.14. The first-order chi connectivity index (χ1) is 11.9. The van der Waals surface area contributed by atoms with Crippen molar-refractivity contribution in [1.82, 2.24) is 0 Å². The molecule has 0 aliphatic rings. The molecule has 0 saturated carbocycles. The van der Waals surface area contributed by atoms with Crippen LogP contribution in [-0.4, -0.2) is 23.8 Å². The number of rotatable bonds is 7. The highest BCUT2D eigenvalue weighted by Crippen LogP contribution is 2.23. The molecule has 2 rings (SSSR count).